The van der Waals surface area contributed by atoms with E-state index in [1.165, 1.54) is 0 Å². The zero-order chi connectivity index (χ0) is 11.9. The third-order valence-electron chi connectivity index (χ3n) is 2.07. The van der Waals surface area contributed by atoms with Gasteiger partial charge in [-0.3, -0.25) is 0 Å². The summed E-state index contributed by atoms with van der Waals surface area (Å²) < 4.78 is 28.2. The first kappa shape index (κ1) is 13.0. The molecule has 0 fully saturated rings. The zero-order valence-corrected chi connectivity index (χ0v) is 9.95. The summed E-state index contributed by atoms with van der Waals surface area (Å²) in [4.78, 5) is 0. The number of hydrogen-bond donors (Lipinski definition) is 1. The van der Waals surface area contributed by atoms with Gasteiger partial charge in [0.1, 0.15) is 12.4 Å². The van der Waals surface area contributed by atoms with Crippen LogP contribution >= 0.6 is 0 Å². The van der Waals surface area contributed by atoms with Crippen LogP contribution in [0.5, 0.6) is 5.75 Å². The van der Waals surface area contributed by atoms with E-state index in [1.807, 2.05) is 18.2 Å². The Kier molecular flexibility index (Phi) is 5.28. The van der Waals surface area contributed by atoms with Gasteiger partial charge in [0.15, 0.2) is 9.84 Å². The Morgan fingerprint density at radius 3 is 2.44 bits per heavy atom. The quantitative estimate of drug-likeness (QED) is 0.770. The minimum absolute atomic E-state index is 0.0435. The lowest BCUT2D eigenvalue weighted by molar-refractivity contribution is 0.341. The molecule has 0 aliphatic rings. The lowest BCUT2D eigenvalue weighted by Gasteiger charge is -2.06. The minimum Gasteiger partial charge on any atom is -0.493 e. The van der Waals surface area contributed by atoms with Crippen molar-refractivity contribution in [1.82, 2.24) is 0 Å². The van der Waals surface area contributed by atoms with Gasteiger partial charge in [0.25, 0.3) is 0 Å². The predicted octanol–water partition coefficient (Wildman–Crippen LogP) is 0.829. The van der Waals surface area contributed by atoms with E-state index in [0.717, 1.165) is 0 Å². The Bertz CT molecular complexity index is 389. The highest BCUT2D eigenvalue weighted by molar-refractivity contribution is 7.91. The molecule has 0 aliphatic heterocycles. The van der Waals surface area contributed by atoms with Gasteiger partial charge in [-0.05, 0) is 25.1 Å². The lowest BCUT2D eigenvalue weighted by Crippen LogP contribution is -2.19. The van der Waals surface area contributed by atoms with Crippen molar-refractivity contribution >= 4 is 9.84 Å². The summed E-state index contributed by atoms with van der Waals surface area (Å²) in [5.41, 5.74) is 5.26. The van der Waals surface area contributed by atoms with Gasteiger partial charge in [-0.15, -0.1) is 0 Å². The number of nitrogens with two attached hydrogens (primary N) is 1. The lowest BCUT2D eigenvalue weighted by atomic mass is 10.3. The average Bonchev–Trinajstić information content (AvgIpc) is 2.28. The van der Waals surface area contributed by atoms with E-state index in [9.17, 15) is 8.42 Å². The van der Waals surface area contributed by atoms with Crippen molar-refractivity contribution in [2.75, 3.05) is 24.7 Å². The second kappa shape index (κ2) is 6.50. The van der Waals surface area contributed by atoms with E-state index in [0.29, 0.717) is 18.7 Å². The topological polar surface area (TPSA) is 69.4 Å². The van der Waals surface area contributed by atoms with Crippen LogP contribution in [0.4, 0.5) is 0 Å². The van der Waals surface area contributed by atoms with E-state index < -0.39 is 9.84 Å². The van der Waals surface area contributed by atoms with Crippen LogP contribution < -0.4 is 10.5 Å². The van der Waals surface area contributed by atoms with Crippen LogP contribution in [0.25, 0.3) is 0 Å². The number of benzene rings is 1. The number of ether oxygens (including phenoxy) is 1. The molecule has 0 atom stereocenters. The van der Waals surface area contributed by atoms with Crippen LogP contribution in [0.15, 0.2) is 30.3 Å². The van der Waals surface area contributed by atoms with Gasteiger partial charge < -0.3 is 10.5 Å². The van der Waals surface area contributed by atoms with E-state index in [1.54, 1.807) is 12.1 Å². The molecule has 0 saturated heterocycles. The predicted molar refractivity (Wildman–Crippen MR) is 64.3 cm³/mol. The van der Waals surface area contributed by atoms with Crippen molar-refractivity contribution in [3.05, 3.63) is 30.3 Å². The standard InChI is InChI=1S/C11H17NO3S/c12-7-4-9-16(13,14)10-8-15-11-5-2-1-3-6-11/h1-3,5-6H,4,7-10,12H2. The Hall–Kier alpha value is -1.07. The zero-order valence-electron chi connectivity index (χ0n) is 9.13. The van der Waals surface area contributed by atoms with Crippen LogP contribution in [0.1, 0.15) is 6.42 Å². The average molecular weight is 243 g/mol. The van der Waals surface area contributed by atoms with Crippen LogP contribution in [0.3, 0.4) is 0 Å². The second-order valence-corrected chi connectivity index (χ2v) is 5.76. The molecule has 1 rings (SSSR count). The van der Waals surface area contributed by atoms with Crippen molar-refractivity contribution < 1.29 is 13.2 Å². The summed E-state index contributed by atoms with van der Waals surface area (Å²) in [6, 6.07) is 9.17. The van der Waals surface area contributed by atoms with Gasteiger partial charge in [-0.25, -0.2) is 8.42 Å². The van der Waals surface area contributed by atoms with Gasteiger partial charge in [-0.2, -0.15) is 0 Å². The van der Waals surface area contributed by atoms with Crippen molar-refractivity contribution in [2.45, 2.75) is 6.42 Å². The molecule has 0 unspecified atom stereocenters. The highest BCUT2D eigenvalue weighted by Gasteiger charge is 2.09. The van der Waals surface area contributed by atoms with Gasteiger partial charge in [0.2, 0.25) is 0 Å². The summed E-state index contributed by atoms with van der Waals surface area (Å²) in [6.07, 6.45) is 0.508. The first-order valence-electron chi connectivity index (χ1n) is 5.22. The van der Waals surface area contributed by atoms with E-state index in [2.05, 4.69) is 0 Å². The highest BCUT2D eigenvalue weighted by atomic mass is 32.2. The van der Waals surface area contributed by atoms with Gasteiger partial charge in [0.05, 0.1) is 11.5 Å². The minimum atomic E-state index is -3.02. The van der Waals surface area contributed by atoms with Crippen LogP contribution in [0.2, 0.25) is 0 Å². The van der Waals surface area contributed by atoms with E-state index >= 15 is 0 Å². The first-order chi connectivity index (χ1) is 7.64. The summed E-state index contributed by atoms with van der Waals surface area (Å²) in [5, 5.41) is 0. The van der Waals surface area contributed by atoms with Gasteiger partial charge in [-0.1, -0.05) is 18.2 Å². The summed E-state index contributed by atoms with van der Waals surface area (Å²) >= 11 is 0. The Morgan fingerprint density at radius 2 is 1.81 bits per heavy atom. The molecule has 16 heavy (non-hydrogen) atoms. The van der Waals surface area contributed by atoms with Gasteiger partial charge >= 0.3 is 0 Å². The van der Waals surface area contributed by atoms with Crippen molar-refractivity contribution in [1.29, 1.82) is 0 Å². The fourth-order valence-electron chi connectivity index (χ4n) is 1.21. The summed E-state index contributed by atoms with van der Waals surface area (Å²) in [5.74, 6) is 0.875. The first-order valence-corrected chi connectivity index (χ1v) is 7.04. The third kappa shape index (κ3) is 5.14. The maximum Gasteiger partial charge on any atom is 0.153 e. The van der Waals surface area contributed by atoms with Crippen LogP contribution in [0, 0.1) is 0 Å². The summed E-state index contributed by atoms with van der Waals surface area (Å²) in [6.45, 7) is 0.593. The maximum absolute atomic E-state index is 11.4. The fourth-order valence-corrected chi connectivity index (χ4v) is 2.36. The normalized spacial score (nSPS) is 11.3. The molecule has 0 saturated carbocycles. The Morgan fingerprint density at radius 1 is 1.12 bits per heavy atom. The smallest absolute Gasteiger partial charge is 0.153 e. The van der Waals surface area contributed by atoms with Crippen LogP contribution in [-0.4, -0.2) is 33.1 Å². The highest BCUT2D eigenvalue weighted by Crippen LogP contribution is 2.08. The number of hydrogen-bond acceptors (Lipinski definition) is 4. The van der Waals surface area contributed by atoms with Crippen LogP contribution in [-0.2, 0) is 9.84 Å². The number of rotatable bonds is 7. The molecular formula is C11H17NO3S. The molecule has 0 heterocycles. The SMILES string of the molecule is NCCCS(=O)(=O)CCOc1ccccc1. The molecule has 2 N–H and O–H groups in total. The molecule has 90 valence electrons. The molecular weight excluding hydrogens is 226 g/mol. The molecule has 0 amide bonds. The molecule has 0 aromatic heterocycles. The monoisotopic (exact) mass is 243 g/mol. The molecule has 1 aromatic carbocycles. The van der Waals surface area contributed by atoms with Crippen molar-refractivity contribution in [3.63, 3.8) is 0 Å². The van der Waals surface area contributed by atoms with E-state index in [-0.39, 0.29) is 18.1 Å². The van der Waals surface area contributed by atoms with Crippen molar-refractivity contribution in [2.24, 2.45) is 5.73 Å². The van der Waals surface area contributed by atoms with E-state index in [4.69, 9.17) is 10.5 Å². The Balaban J connectivity index is 2.30. The number of para-hydroxylation sites is 1. The molecule has 4 nitrogen and oxygen atoms in total. The molecule has 0 aliphatic carbocycles. The second-order valence-electron chi connectivity index (χ2n) is 3.46. The molecule has 5 heteroatoms. The number of sulfone groups is 1. The largest absolute Gasteiger partial charge is 0.493 e. The molecule has 0 spiro atoms. The van der Waals surface area contributed by atoms with Gasteiger partial charge in [0, 0.05) is 0 Å². The fraction of sp³-hybridized carbons (Fsp3) is 0.455. The molecule has 1 aromatic rings. The molecule has 0 bridgehead atoms. The summed E-state index contributed by atoms with van der Waals surface area (Å²) in [7, 11) is -3.02. The Labute approximate surface area is 96.3 Å². The third-order valence-corrected chi connectivity index (χ3v) is 3.77. The molecule has 0 radical (unpaired) electrons. The van der Waals surface area contributed by atoms with Crippen molar-refractivity contribution in [3.8, 4) is 5.75 Å². The maximum atomic E-state index is 11.4.